The smallest absolute Gasteiger partial charge is 0.410 e. The Kier molecular flexibility index (Phi) is 5.98. The molecule has 0 radical (unpaired) electrons. The zero-order valence-electron chi connectivity index (χ0n) is 18.7. The van der Waals surface area contributed by atoms with Crippen LogP contribution in [0.1, 0.15) is 67.4 Å². The van der Waals surface area contributed by atoms with Crippen molar-refractivity contribution in [3.8, 4) is 0 Å². The third-order valence-electron chi connectivity index (χ3n) is 6.28. The molecule has 170 valence electrons. The minimum atomic E-state index is -0.618. The average molecular weight is 433 g/mol. The fraction of sp³-hybridized carbons (Fsp3) is 0.652. The highest BCUT2D eigenvalue weighted by Crippen LogP contribution is 2.55. The largest absolute Gasteiger partial charge is 0.465 e. The number of carbonyl (C=O) groups excluding carboxylic acids is 2. The van der Waals surface area contributed by atoms with Crippen molar-refractivity contribution in [2.45, 2.75) is 51.5 Å². The van der Waals surface area contributed by atoms with E-state index in [0.717, 1.165) is 31.5 Å². The van der Waals surface area contributed by atoms with Crippen LogP contribution in [0.15, 0.2) is 18.2 Å². The second kappa shape index (κ2) is 8.41. The van der Waals surface area contributed by atoms with E-state index < -0.39 is 17.9 Å². The Labute approximate surface area is 183 Å². The van der Waals surface area contributed by atoms with Gasteiger partial charge >= 0.3 is 12.1 Å². The summed E-state index contributed by atoms with van der Waals surface area (Å²) in [5.74, 6) is -0.435. The van der Waals surface area contributed by atoms with E-state index in [0.29, 0.717) is 30.9 Å². The van der Waals surface area contributed by atoms with Crippen molar-refractivity contribution in [2.24, 2.45) is 5.41 Å². The van der Waals surface area contributed by atoms with Gasteiger partial charge in [0.25, 0.3) is 0 Å². The van der Waals surface area contributed by atoms with Gasteiger partial charge in [-0.25, -0.2) is 9.59 Å². The minimum Gasteiger partial charge on any atom is -0.465 e. The summed E-state index contributed by atoms with van der Waals surface area (Å²) < 4.78 is 22.0. The number of nitrogens with one attached hydrogen (secondary N) is 1. The lowest BCUT2D eigenvalue weighted by molar-refractivity contribution is -0.0973. The Morgan fingerprint density at radius 1 is 1.16 bits per heavy atom. The zero-order valence-corrected chi connectivity index (χ0v) is 18.7. The van der Waals surface area contributed by atoms with Crippen molar-refractivity contribution in [2.75, 3.05) is 40.0 Å². The van der Waals surface area contributed by atoms with E-state index in [1.807, 2.05) is 37.8 Å². The topological polar surface area (TPSA) is 86.3 Å². The molecule has 0 bridgehead atoms. The maximum atomic E-state index is 13.0. The number of methoxy groups -OCH3 is 1. The highest BCUT2D eigenvalue weighted by molar-refractivity contribution is 5.91. The lowest BCUT2D eigenvalue weighted by atomic mass is 9.63. The van der Waals surface area contributed by atoms with Crippen LogP contribution in [0.4, 0.5) is 4.79 Å². The van der Waals surface area contributed by atoms with Gasteiger partial charge in [0.2, 0.25) is 0 Å². The molecule has 3 saturated heterocycles. The number of amides is 1. The first kappa shape index (κ1) is 22.0. The third-order valence-corrected chi connectivity index (χ3v) is 6.28. The first-order valence-corrected chi connectivity index (χ1v) is 10.9. The van der Waals surface area contributed by atoms with Crippen LogP contribution in [0.25, 0.3) is 0 Å². The second-order valence-electron chi connectivity index (χ2n) is 9.53. The first-order chi connectivity index (χ1) is 14.7. The number of piperidine rings is 1. The van der Waals surface area contributed by atoms with E-state index in [9.17, 15) is 9.59 Å². The van der Waals surface area contributed by atoms with Crippen molar-refractivity contribution in [1.82, 2.24) is 10.2 Å². The summed E-state index contributed by atoms with van der Waals surface area (Å²) in [6.07, 6.45) is 1.02. The van der Waals surface area contributed by atoms with Gasteiger partial charge in [-0.1, -0.05) is 6.07 Å². The van der Waals surface area contributed by atoms with Crippen molar-refractivity contribution in [1.29, 1.82) is 0 Å². The van der Waals surface area contributed by atoms with Gasteiger partial charge in [0.15, 0.2) is 6.29 Å². The molecule has 3 fully saturated rings. The Morgan fingerprint density at radius 2 is 1.84 bits per heavy atom. The second-order valence-corrected chi connectivity index (χ2v) is 9.53. The number of carbonyl (C=O) groups is 2. The number of benzene rings is 1. The standard InChI is InChI=1S/C23H32N2O6/c1-22(2,3)31-21(27)25-14-23(7-9-24-10-8-23)18(25)15-5-6-16(19(26)28-4)17(13-15)20-29-11-12-30-20/h5-6,13,18,20,24H,7-12,14H2,1-4H3. The molecule has 8 nitrogen and oxygen atoms in total. The molecule has 31 heavy (non-hydrogen) atoms. The van der Waals surface area contributed by atoms with Gasteiger partial charge in [-0.05, 0) is 64.4 Å². The predicted octanol–water partition coefficient (Wildman–Crippen LogP) is 3.18. The number of likely N-dealkylation sites (tertiary alicyclic amines) is 1. The molecule has 0 saturated carbocycles. The molecule has 0 aliphatic carbocycles. The molecule has 3 aliphatic rings. The van der Waals surface area contributed by atoms with Crippen molar-refractivity contribution in [3.63, 3.8) is 0 Å². The summed E-state index contributed by atoms with van der Waals surface area (Å²) in [6, 6.07) is 5.47. The van der Waals surface area contributed by atoms with Crippen LogP contribution in [0.3, 0.4) is 0 Å². The van der Waals surface area contributed by atoms with Crippen LogP contribution in [0.5, 0.6) is 0 Å². The lowest BCUT2D eigenvalue weighted by Crippen LogP contribution is -2.63. The number of esters is 1. The Hall–Kier alpha value is -2.16. The SMILES string of the molecule is COC(=O)c1ccc(C2N(C(=O)OC(C)(C)C)CC23CCNCC3)cc1C1OCCO1. The molecule has 1 N–H and O–H groups in total. The predicted molar refractivity (Wildman–Crippen MR) is 113 cm³/mol. The quantitative estimate of drug-likeness (QED) is 0.734. The molecule has 4 rings (SSSR count). The normalized spacial score (nSPS) is 23.5. The molecular weight excluding hydrogens is 400 g/mol. The van der Waals surface area contributed by atoms with E-state index in [4.69, 9.17) is 18.9 Å². The maximum Gasteiger partial charge on any atom is 0.410 e. The van der Waals surface area contributed by atoms with Gasteiger partial charge in [-0.3, -0.25) is 4.90 Å². The monoisotopic (exact) mass is 432 g/mol. The van der Waals surface area contributed by atoms with E-state index in [1.54, 1.807) is 6.07 Å². The van der Waals surface area contributed by atoms with Crippen LogP contribution in [-0.2, 0) is 18.9 Å². The average Bonchev–Trinajstić information content (AvgIpc) is 3.25. The number of ether oxygens (including phenoxy) is 4. The lowest BCUT2D eigenvalue weighted by Gasteiger charge is -2.59. The van der Waals surface area contributed by atoms with Gasteiger partial charge in [0.05, 0.1) is 31.9 Å². The third kappa shape index (κ3) is 4.29. The zero-order chi connectivity index (χ0) is 22.2. The fourth-order valence-electron chi connectivity index (χ4n) is 4.90. The van der Waals surface area contributed by atoms with Crippen molar-refractivity contribution < 1.29 is 28.5 Å². The molecule has 8 heteroatoms. The first-order valence-electron chi connectivity index (χ1n) is 10.9. The van der Waals surface area contributed by atoms with Crippen LogP contribution < -0.4 is 5.32 Å². The molecule has 3 heterocycles. The highest BCUT2D eigenvalue weighted by atomic mass is 16.7. The van der Waals surface area contributed by atoms with Gasteiger partial charge in [0.1, 0.15) is 5.60 Å². The number of rotatable bonds is 3. The number of hydrogen-bond donors (Lipinski definition) is 1. The van der Waals surface area contributed by atoms with E-state index in [-0.39, 0.29) is 17.6 Å². The Morgan fingerprint density at radius 3 is 2.45 bits per heavy atom. The molecule has 1 aromatic carbocycles. The summed E-state index contributed by atoms with van der Waals surface area (Å²) in [4.78, 5) is 27.1. The van der Waals surface area contributed by atoms with Gasteiger partial charge < -0.3 is 24.3 Å². The van der Waals surface area contributed by atoms with Crippen molar-refractivity contribution >= 4 is 12.1 Å². The Balaban J connectivity index is 1.71. The molecule has 1 spiro atoms. The summed E-state index contributed by atoms with van der Waals surface area (Å²) >= 11 is 0. The number of nitrogens with zero attached hydrogens (tertiary/aromatic N) is 1. The molecular formula is C23H32N2O6. The summed E-state index contributed by atoms with van der Waals surface area (Å²) in [7, 11) is 1.36. The summed E-state index contributed by atoms with van der Waals surface area (Å²) in [5.41, 5.74) is 1.44. The van der Waals surface area contributed by atoms with E-state index in [1.165, 1.54) is 7.11 Å². The van der Waals surface area contributed by atoms with E-state index >= 15 is 0 Å². The highest BCUT2D eigenvalue weighted by Gasteiger charge is 2.56. The molecule has 0 aromatic heterocycles. The van der Waals surface area contributed by atoms with E-state index in [2.05, 4.69) is 5.32 Å². The van der Waals surface area contributed by atoms with Crippen LogP contribution in [-0.4, -0.2) is 62.5 Å². The summed E-state index contributed by atoms with van der Waals surface area (Å²) in [5, 5.41) is 3.41. The van der Waals surface area contributed by atoms with Gasteiger partial charge in [0, 0.05) is 17.5 Å². The van der Waals surface area contributed by atoms with Gasteiger partial charge in [-0.2, -0.15) is 0 Å². The minimum absolute atomic E-state index is 0.0103. The van der Waals surface area contributed by atoms with Crippen LogP contribution in [0.2, 0.25) is 0 Å². The van der Waals surface area contributed by atoms with Gasteiger partial charge in [-0.15, -0.1) is 0 Å². The number of hydrogen-bond acceptors (Lipinski definition) is 7. The summed E-state index contributed by atoms with van der Waals surface area (Å²) in [6.45, 7) is 9.06. The molecule has 1 unspecified atom stereocenters. The molecule has 3 aliphatic heterocycles. The van der Waals surface area contributed by atoms with Crippen molar-refractivity contribution in [3.05, 3.63) is 34.9 Å². The maximum absolute atomic E-state index is 13.0. The van der Waals surface area contributed by atoms with Crippen LogP contribution >= 0.6 is 0 Å². The Bertz CT molecular complexity index is 837. The fourth-order valence-corrected chi connectivity index (χ4v) is 4.90. The molecule has 1 aromatic rings. The van der Waals surface area contributed by atoms with Crippen LogP contribution in [0, 0.1) is 5.41 Å². The molecule has 1 atom stereocenters. The molecule has 1 amide bonds.